The summed E-state index contributed by atoms with van der Waals surface area (Å²) in [4.78, 5) is 29.7. The average molecular weight is 458 g/mol. The van der Waals surface area contributed by atoms with Crippen molar-refractivity contribution >= 4 is 17.6 Å². The van der Waals surface area contributed by atoms with Crippen LogP contribution in [0, 0.1) is 10.1 Å². The van der Waals surface area contributed by atoms with Gasteiger partial charge in [-0.2, -0.15) is 0 Å². The van der Waals surface area contributed by atoms with Crippen molar-refractivity contribution in [2.75, 3.05) is 6.54 Å². The molecule has 1 heterocycles. The number of hydrogen-bond acceptors (Lipinski definition) is 7. The van der Waals surface area contributed by atoms with Gasteiger partial charge in [-0.15, -0.1) is 0 Å². The summed E-state index contributed by atoms with van der Waals surface area (Å²) in [6.45, 7) is 4.24. The number of aliphatic hydroxyl groups excluding tert-OH is 1. The Labute approximate surface area is 190 Å². The second-order valence-corrected chi connectivity index (χ2v) is 7.81. The molecule has 2 aromatic rings. The third-order valence-corrected chi connectivity index (χ3v) is 4.93. The number of nitro groups is 1. The van der Waals surface area contributed by atoms with E-state index in [4.69, 9.17) is 14.9 Å². The molecule has 4 N–H and O–H groups in total. The van der Waals surface area contributed by atoms with E-state index in [1.54, 1.807) is 19.9 Å². The standard InChI is InChI=1S/C19H22N2O4.C4H4O4/c1-19(2)18(22)17(20-11-10-13-6-4-3-5-7-13)15-9-8-14(21(23)24)12-16(15)25-19;5-3(6)1-2-4(7)8/h3-9,12,17-18,20,22H,10-11H2,1-2H3;1-2H,(H,5,6)(H,7,8)/t17-,18+;/m0./s1. The molecule has 10 nitrogen and oxygen atoms in total. The first-order valence-corrected chi connectivity index (χ1v) is 10.1. The lowest BCUT2D eigenvalue weighted by molar-refractivity contribution is -0.385. The molecular weight excluding hydrogens is 432 g/mol. The first-order chi connectivity index (χ1) is 15.5. The molecule has 33 heavy (non-hydrogen) atoms. The van der Waals surface area contributed by atoms with Gasteiger partial charge in [0.2, 0.25) is 0 Å². The maximum absolute atomic E-state index is 11.0. The quantitative estimate of drug-likeness (QED) is 0.278. The van der Waals surface area contributed by atoms with E-state index in [0.29, 0.717) is 24.4 Å². The molecule has 0 unspecified atom stereocenters. The maximum Gasteiger partial charge on any atom is 0.328 e. The van der Waals surface area contributed by atoms with Gasteiger partial charge in [-0.25, -0.2) is 9.59 Å². The van der Waals surface area contributed by atoms with Crippen LogP contribution in [-0.4, -0.2) is 50.4 Å². The molecule has 1 aliphatic rings. The molecule has 176 valence electrons. The number of ether oxygens (including phenoxy) is 1. The topological polar surface area (TPSA) is 159 Å². The molecule has 0 radical (unpaired) electrons. The van der Waals surface area contributed by atoms with Gasteiger partial charge in [0.25, 0.3) is 5.69 Å². The monoisotopic (exact) mass is 458 g/mol. The van der Waals surface area contributed by atoms with Crippen molar-refractivity contribution in [2.45, 2.75) is 38.0 Å². The number of non-ortho nitro benzene ring substituents is 1. The minimum absolute atomic E-state index is 0.0195. The highest BCUT2D eigenvalue weighted by atomic mass is 16.6. The van der Waals surface area contributed by atoms with Crippen molar-refractivity contribution in [1.82, 2.24) is 5.32 Å². The number of fused-ring (bicyclic) bond motifs is 1. The van der Waals surface area contributed by atoms with Crippen LogP contribution in [0.15, 0.2) is 60.7 Å². The zero-order valence-electron chi connectivity index (χ0n) is 18.2. The Morgan fingerprint density at radius 1 is 1.12 bits per heavy atom. The van der Waals surface area contributed by atoms with Gasteiger partial charge in [0.1, 0.15) is 17.5 Å². The fourth-order valence-corrected chi connectivity index (χ4v) is 3.28. The lowest BCUT2D eigenvalue weighted by Crippen LogP contribution is -2.52. The summed E-state index contributed by atoms with van der Waals surface area (Å²) >= 11 is 0. The number of carboxylic acid groups (broad SMARTS) is 2. The Bertz CT molecular complexity index is 1000. The first-order valence-electron chi connectivity index (χ1n) is 10.1. The lowest BCUT2D eigenvalue weighted by Gasteiger charge is -2.42. The van der Waals surface area contributed by atoms with Crippen LogP contribution < -0.4 is 10.1 Å². The van der Waals surface area contributed by atoms with Gasteiger partial charge in [0.05, 0.1) is 17.0 Å². The molecular formula is C23H26N2O8. The second kappa shape index (κ2) is 11.2. The van der Waals surface area contributed by atoms with Crippen molar-refractivity contribution in [3.05, 3.63) is 81.9 Å². The largest absolute Gasteiger partial charge is 0.484 e. The molecule has 0 bridgehead atoms. The summed E-state index contributed by atoms with van der Waals surface area (Å²) in [5.41, 5.74) is 1.09. The van der Waals surface area contributed by atoms with Crippen LogP contribution >= 0.6 is 0 Å². The van der Waals surface area contributed by atoms with E-state index in [9.17, 15) is 24.8 Å². The molecule has 10 heteroatoms. The van der Waals surface area contributed by atoms with Crippen LogP contribution in [0.5, 0.6) is 5.75 Å². The Kier molecular flexibility index (Phi) is 8.66. The summed E-state index contributed by atoms with van der Waals surface area (Å²) in [6.07, 6.45) is 1.18. The molecule has 0 saturated heterocycles. The molecule has 0 amide bonds. The summed E-state index contributed by atoms with van der Waals surface area (Å²) < 4.78 is 5.82. The van der Waals surface area contributed by atoms with E-state index in [0.717, 1.165) is 12.0 Å². The van der Waals surface area contributed by atoms with E-state index in [1.807, 2.05) is 18.2 Å². The number of nitrogens with one attached hydrogen (secondary N) is 1. The van der Waals surface area contributed by atoms with Crippen LogP contribution in [-0.2, 0) is 16.0 Å². The summed E-state index contributed by atoms with van der Waals surface area (Å²) in [5, 5.41) is 40.7. The highest BCUT2D eigenvalue weighted by Gasteiger charge is 2.43. The lowest BCUT2D eigenvalue weighted by atomic mass is 9.86. The summed E-state index contributed by atoms with van der Waals surface area (Å²) in [7, 11) is 0. The van der Waals surface area contributed by atoms with Crippen LogP contribution in [0.3, 0.4) is 0 Å². The molecule has 2 aromatic carbocycles. The van der Waals surface area contributed by atoms with Crippen molar-refractivity contribution in [3.8, 4) is 5.75 Å². The Morgan fingerprint density at radius 3 is 2.27 bits per heavy atom. The van der Waals surface area contributed by atoms with E-state index >= 15 is 0 Å². The number of aliphatic hydroxyl groups is 1. The third kappa shape index (κ3) is 7.41. The molecule has 0 spiro atoms. The number of nitro benzene ring substituents is 1. The van der Waals surface area contributed by atoms with Gasteiger partial charge >= 0.3 is 11.9 Å². The number of rotatable bonds is 7. The molecule has 0 fully saturated rings. The van der Waals surface area contributed by atoms with Crippen molar-refractivity contribution < 1.29 is 34.6 Å². The van der Waals surface area contributed by atoms with Gasteiger partial charge in [-0.3, -0.25) is 10.1 Å². The number of aliphatic carboxylic acids is 2. The Balaban J connectivity index is 0.000000414. The van der Waals surface area contributed by atoms with Gasteiger partial charge < -0.3 is 25.4 Å². The summed E-state index contributed by atoms with van der Waals surface area (Å²) in [6, 6.07) is 14.3. The van der Waals surface area contributed by atoms with Crippen molar-refractivity contribution in [1.29, 1.82) is 0 Å². The fraction of sp³-hybridized carbons (Fsp3) is 0.304. The van der Waals surface area contributed by atoms with Gasteiger partial charge in [-0.05, 0) is 38.4 Å². The minimum atomic E-state index is -1.26. The summed E-state index contributed by atoms with van der Waals surface area (Å²) in [5.74, 6) is -2.07. The number of nitrogens with zero attached hydrogens (tertiary/aromatic N) is 1. The van der Waals surface area contributed by atoms with E-state index < -0.39 is 28.6 Å². The zero-order valence-corrected chi connectivity index (χ0v) is 18.2. The highest BCUT2D eigenvalue weighted by Crippen LogP contribution is 2.41. The number of carbonyl (C=O) groups is 2. The second-order valence-electron chi connectivity index (χ2n) is 7.81. The Hall–Kier alpha value is -3.76. The number of benzene rings is 2. The van der Waals surface area contributed by atoms with Crippen LogP contribution in [0.4, 0.5) is 5.69 Å². The van der Waals surface area contributed by atoms with Crippen LogP contribution in [0.2, 0.25) is 0 Å². The van der Waals surface area contributed by atoms with Crippen LogP contribution in [0.25, 0.3) is 0 Å². The molecule has 0 aliphatic carbocycles. The molecule has 0 saturated carbocycles. The fourth-order valence-electron chi connectivity index (χ4n) is 3.28. The van der Waals surface area contributed by atoms with Crippen molar-refractivity contribution in [3.63, 3.8) is 0 Å². The first kappa shape index (κ1) is 25.5. The molecule has 0 aromatic heterocycles. The average Bonchev–Trinajstić information content (AvgIpc) is 2.75. The highest BCUT2D eigenvalue weighted by molar-refractivity contribution is 5.89. The maximum atomic E-state index is 11.0. The smallest absolute Gasteiger partial charge is 0.328 e. The Morgan fingerprint density at radius 2 is 1.73 bits per heavy atom. The minimum Gasteiger partial charge on any atom is -0.484 e. The van der Waals surface area contributed by atoms with Crippen molar-refractivity contribution in [2.24, 2.45) is 0 Å². The van der Waals surface area contributed by atoms with E-state index in [2.05, 4.69) is 17.4 Å². The van der Waals surface area contributed by atoms with E-state index in [-0.39, 0.29) is 11.7 Å². The molecule has 2 atom stereocenters. The normalized spacial score (nSPS) is 18.4. The SMILES string of the molecule is CC1(C)Oc2cc([N+](=O)[O-])ccc2[C@H](NCCc2ccccc2)[C@H]1O.O=C(O)C=CC(=O)O. The van der Waals surface area contributed by atoms with Gasteiger partial charge in [-0.1, -0.05) is 30.3 Å². The van der Waals surface area contributed by atoms with Crippen LogP contribution in [0.1, 0.15) is 31.0 Å². The predicted molar refractivity (Wildman–Crippen MR) is 119 cm³/mol. The van der Waals surface area contributed by atoms with Gasteiger partial charge in [0.15, 0.2) is 0 Å². The third-order valence-electron chi connectivity index (χ3n) is 4.93. The number of carboxylic acids is 2. The van der Waals surface area contributed by atoms with E-state index in [1.165, 1.54) is 17.7 Å². The predicted octanol–water partition coefficient (Wildman–Crippen LogP) is 2.71. The molecule has 1 aliphatic heterocycles. The zero-order chi connectivity index (χ0) is 24.6. The molecule has 3 rings (SSSR count). The number of hydrogen-bond donors (Lipinski definition) is 4. The van der Waals surface area contributed by atoms with Gasteiger partial charge in [0, 0.05) is 23.8 Å².